The van der Waals surface area contributed by atoms with Gasteiger partial charge in [-0.1, -0.05) is 17.9 Å². The first-order valence-electron chi connectivity index (χ1n) is 21.0. The Balaban J connectivity index is 0.740. The molecule has 1 saturated carbocycles. The molecule has 0 spiro atoms. The number of alkyl halides is 2. The van der Waals surface area contributed by atoms with E-state index in [0.717, 1.165) is 70.6 Å². The molecule has 2 bridgehead atoms. The van der Waals surface area contributed by atoms with Crippen LogP contribution in [-0.4, -0.2) is 125 Å². The first kappa shape index (κ1) is 39.2. The van der Waals surface area contributed by atoms with Crippen LogP contribution in [0, 0.1) is 11.8 Å². The van der Waals surface area contributed by atoms with Crippen LogP contribution in [0.2, 0.25) is 0 Å². The van der Waals surface area contributed by atoms with Crippen molar-refractivity contribution < 1.29 is 27.9 Å². The fourth-order valence-corrected chi connectivity index (χ4v) is 9.89. The minimum absolute atomic E-state index is 0.0165. The summed E-state index contributed by atoms with van der Waals surface area (Å²) < 4.78 is 40.4. The molecule has 5 fully saturated rings. The summed E-state index contributed by atoms with van der Waals surface area (Å²) in [4.78, 5) is 62.9. The summed E-state index contributed by atoms with van der Waals surface area (Å²) in [7, 11) is 1.67. The van der Waals surface area contributed by atoms with Gasteiger partial charge in [-0.3, -0.25) is 43.3 Å². The summed E-state index contributed by atoms with van der Waals surface area (Å²) >= 11 is 0. The molecule has 0 radical (unpaired) electrons. The number of morpholine rings is 1. The number of aryl methyl sites for hydroxylation is 1. The van der Waals surface area contributed by atoms with Gasteiger partial charge in [0, 0.05) is 64.6 Å². The van der Waals surface area contributed by atoms with Crippen molar-refractivity contribution in [2.24, 2.45) is 7.05 Å². The molecule has 3 atom stereocenters. The van der Waals surface area contributed by atoms with Crippen LogP contribution in [0.4, 0.5) is 20.3 Å². The lowest BCUT2D eigenvalue weighted by Crippen LogP contribution is -2.51. The fourth-order valence-electron chi connectivity index (χ4n) is 9.89. The third-order valence-corrected chi connectivity index (χ3v) is 13.1. The van der Waals surface area contributed by atoms with Gasteiger partial charge in [0.05, 0.1) is 59.8 Å². The monoisotopic (exact) mass is 836 g/mol. The number of imide groups is 1. The van der Waals surface area contributed by atoms with Crippen molar-refractivity contribution in [3.05, 3.63) is 70.2 Å². The van der Waals surface area contributed by atoms with Crippen LogP contribution >= 0.6 is 0 Å². The molecule has 61 heavy (non-hydrogen) atoms. The van der Waals surface area contributed by atoms with Gasteiger partial charge in [0.15, 0.2) is 11.3 Å². The number of para-hydroxylation sites is 1. The summed E-state index contributed by atoms with van der Waals surface area (Å²) in [6.45, 7) is 5.40. The Morgan fingerprint density at radius 2 is 1.84 bits per heavy atom. The second-order valence-corrected chi connectivity index (χ2v) is 16.7. The second-order valence-electron chi connectivity index (χ2n) is 16.7. The van der Waals surface area contributed by atoms with Crippen LogP contribution in [-0.2, 0) is 21.4 Å². The van der Waals surface area contributed by atoms with Gasteiger partial charge in [-0.25, -0.2) is 23.1 Å². The number of amides is 3. The van der Waals surface area contributed by atoms with Crippen LogP contribution < -0.4 is 21.2 Å². The molecule has 1 aromatic carbocycles. The number of hydrogen-bond acceptors (Lipinski definition) is 11. The molecule has 4 saturated heterocycles. The average Bonchev–Trinajstić information content (AvgIpc) is 4.11. The normalized spacial score (nSPS) is 24.8. The first-order chi connectivity index (χ1) is 29.6. The van der Waals surface area contributed by atoms with E-state index >= 15 is 0 Å². The van der Waals surface area contributed by atoms with E-state index in [1.807, 2.05) is 18.2 Å². The molecule has 318 valence electrons. The Labute approximate surface area is 348 Å². The van der Waals surface area contributed by atoms with Crippen LogP contribution in [0.15, 0.2) is 47.7 Å². The number of hydrogen-bond donors (Lipinski definition) is 2. The molecule has 1 aliphatic carbocycles. The van der Waals surface area contributed by atoms with Gasteiger partial charge < -0.3 is 15.0 Å². The van der Waals surface area contributed by atoms with Crippen LogP contribution in [0.3, 0.4) is 0 Å². The van der Waals surface area contributed by atoms with Crippen molar-refractivity contribution in [3.63, 3.8) is 0 Å². The van der Waals surface area contributed by atoms with Crippen molar-refractivity contribution in [2.45, 2.75) is 81.6 Å². The van der Waals surface area contributed by atoms with Crippen LogP contribution in [0.1, 0.15) is 85.1 Å². The van der Waals surface area contributed by atoms with E-state index in [-0.39, 0.29) is 53.9 Å². The SMILES string of the molecule is Cn1c(=O)n(C2CCC(=O)NC2=O)c2cccc(C#CCN3CCN(C4CCC(n5cc(NC(=O)c6cnn7ccc(N8C[C@H]9C[C@@H]8CO9)nc67)c(C(F)F)n5)CC4)CC3)c21. The van der Waals surface area contributed by atoms with Crippen molar-refractivity contribution >= 4 is 45.9 Å². The lowest BCUT2D eigenvalue weighted by atomic mass is 9.90. The molecule has 17 nitrogen and oxygen atoms in total. The Bertz CT molecular complexity index is 2660. The molecule has 4 aromatic heterocycles. The molecule has 5 aliphatic rings. The van der Waals surface area contributed by atoms with Gasteiger partial charge in [-0.05, 0) is 56.7 Å². The van der Waals surface area contributed by atoms with Gasteiger partial charge in [0.1, 0.15) is 17.4 Å². The highest BCUT2D eigenvalue weighted by molar-refractivity contribution is 6.08. The third kappa shape index (κ3) is 7.25. The summed E-state index contributed by atoms with van der Waals surface area (Å²) in [5, 5.41) is 13.6. The maximum Gasteiger partial charge on any atom is 0.329 e. The van der Waals surface area contributed by atoms with E-state index in [2.05, 4.69) is 47.4 Å². The van der Waals surface area contributed by atoms with Crippen LogP contribution in [0.25, 0.3) is 16.7 Å². The highest BCUT2D eigenvalue weighted by atomic mass is 19.3. The lowest BCUT2D eigenvalue weighted by Gasteiger charge is -2.41. The van der Waals surface area contributed by atoms with Gasteiger partial charge in [0.25, 0.3) is 12.3 Å². The number of piperidine rings is 1. The Morgan fingerprint density at radius 3 is 2.57 bits per heavy atom. The molecule has 8 heterocycles. The molecule has 19 heteroatoms. The summed E-state index contributed by atoms with van der Waals surface area (Å²) in [6, 6.07) is 7.15. The molecular formula is C42H46F2N12O5. The van der Waals surface area contributed by atoms with Crippen molar-refractivity contribution in [3.8, 4) is 11.8 Å². The number of aromatic nitrogens is 7. The predicted octanol–water partition coefficient (Wildman–Crippen LogP) is 2.88. The van der Waals surface area contributed by atoms with Crippen molar-refractivity contribution in [2.75, 3.05) is 56.1 Å². The van der Waals surface area contributed by atoms with E-state index in [1.165, 1.54) is 26.0 Å². The van der Waals surface area contributed by atoms with E-state index in [9.17, 15) is 28.0 Å². The number of nitrogens with zero attached hydrogens (tertiary/aromatic N) is 10. The number of benzene rings is 1. The third-order valence-electron chi connectivity index (χ3n) is 13.1. The number of carbonyl (C=O) groups is 3. The van der Waals surface area contributed by atoms with Crippen molar-refractivity contribution in [1.82, 2.24) is 48.6 Å². The Morgan fingerprint density at radius 1 is 1.03 bits per heavy atom. The predicted molar refractivity (Wildman–Crippen MR) is 218 cm³/mol. The topological polar surface area (TPSA) is 169 Å². The minimum atomic E-state index is -2.87. The largest absolute Gasteiger partial charge is 0.374 e. The zero-order valence-electron chi connectivity index (χ0n) is 33.7. The van der Waals surface area contributed by atoms with Gasteiger partial charge in [-0.2, -0.15) is 10.2 Å². The number of piperazine rings is 1. The smallest absolute Gasteiger partial charge is 0.329 e. The standard InChI is InChI=1S/C42H46F2N12O5/c1-50-37-25(4-2-6-32(37)56(42(50)60)33-11-12-35(57)48-41(33)59)5-3-14-51-16-18-52(19-17-51)26-7-9-27(10-8-26)55-23-31(36(49-55)38(43)44)46-40(58)30-21-45-54-15-13-34(47-39(30)54)53-22-29-20-28(53)24-61-29/h2,4,6,13,15,21,23,26-29,33,38H,7-12,14,16-20,22,24H2,1H3,(H,46,58)(H,48,57,59)/t26?,27?,28-,29-,33?/m1/s1. The van der Waals surface area contributed by atoms with E-state index < -0.39 is 30.0 Å². The quantitative estimate of drug-likeness (QED) is 0.174. The molecule has 3 amide bonds. The maximum atomic E-state index is 14.3. The number of halogens is 2. The van der Waals surface area contributed by atoms with E-state index in [1.54, 1.807) is 24.0 Å². The minimum Gasteiger partial charge on any atom is -0.374 e. The van der Waals surface area contributed by atoms with E-state index in [4.69, 9.17) is 9.72 Å². The summed E-state index contributed by atoms with van der Waals surface area (Å²) in [5.74, 6) is 5.91. The van der Waals surface area contributed by atoms with E-state index in [0.29, 0.717) is 41.4 Å². The van der Waals surface area contributed by atoms with Crippen molar-refractivity contribution in [1.29, 1.82) is 0 Å². The first-order valence-corrected chi connectivity index (χ1v) is 21.0. The number of anilines is 2. The highest BCUT2D eigenvalue weighted by Crippen LogP contribution is 2.36. The van der Waals surface area contributed by atoms with Gasteiger partial charge >= 0.3 is 5.69 Å². The molecular weight excluding hydrogens is 791 g/mol. The Kier molecular flexibility index (Phi) is 10.2. The molecule has 1 unspecified atom stereocenters. The Hall–Kier alpha value is -5.97. The van der Waals surface area contributed by atoms with Crippen LogP contribution in [0.5, 0.6) is 0 Å². The summed E-state index contributed by atoms with van der Waals surface area (Å²) in [5.41, 5.74) is 1.70. The number of carbonyl (C=O) groups excluding carboxylic acids is 3. The average molecular weight is 837 g/mol. The maximum absolute atomic E-state index is 14.3. The number of fused-ring (bicyclic) bond motifs is 4. The number of ether oxygens (including phenoxy) is 1. The fraction of sp³-hybridized carbons (Fsp3) is 0.500. The lowest BCUT2D eigenvalue weighted by molar-refractivity contribution is -0.135. The second kappa shape index (κ2) is 15.8. The molecule has 4 aliphatic heterocycles. The molecule has 5 aromatic rings. The number of nitrogens with one attached hydrogen (secondary N) is 2. The zero-order chi connectivity index (χ0) is 41.9. The number of rotatable bonds is 8. The highest BCUT2D eigenvalue weighted by Gasteiger charge is 2.40. The number of imidazole rings is 1. The zero-order valence-corrected chi connectivity index (χ0v) is 33.7. The van der Waals surface area contributed by atoms with Gasteiger partial charge in [-0.15, -0.1) is 0 Å². The molecule has 10 rings (SSSR count). The van der Waals surface area contributed by atoms with Gasteiger partial charge in [0.2, 0.25) is 11.8 Å². The molecule has 2 N–H and O–H groups in total. The summed E-state index contributed by atoms with van der Waals surface area (Å²) in [6.07, 6.45) is 6.73.